The average Bonchev–Trinajstić information content (AvgIpc) is 2.95. The Hall–Kier alpha value is -4.39. The number of alkyl carbamates (subject to hydrolysis) is 1. The second-order valence-corrected chi connectivity index (χ2v) is 10.2. The van der Waals surface area contributed by atoms with Crippen LogP contribution < -0.4 is 16.1 Å². The lowest BCUT2D eigenvalue weighted by molar-refractivity contribution is -0.188. The molecular formula is C29H34BFN6O5. The third-order valence-corrected chi connectivity index (χ3v) is 7.09. The molecule has 0 bridgehead atoms. The summed E-state index contributed by atoms with van der Waals surface area (Å²) in [5.74, 6) is -0.921. The van der Waals surface area contributed by atoms with Crippen molar-refractivity contribution < 1.29 is 28.3 Å². The smallest absolute Gasteiger partial charge is 0.407 e. The zero-order valence-electron chi connectivity index (χ0n) is 23.5. The Bertz CT molecular complexity index is 1310. The van der Waals surface area contributed by atoms with Gasteiger partial charge in [-0.1, -0.05) is 54.5 Å². The first kappa shape index (κ1) is 30.6. The monoisotopic (exact) mass is 576 g/mol. The summed E-state index contributed by atoms with van der Waals surface area (Å²) >= 11 is 0. The van der Waals surface area contributed by atoms with Crippen LogP contribution in [-0.2, 0) is 27.4 Å². The molecule has 2 N–H and O–H groups in total. The van der Waals surface area contributed by atoms with Crippen molar-refractivity contribution in [3.05, 3.63) is 78.1 Å². The summed E-state index contributed by atoms with van der Waals surface area (Å²) in [7, 11) is 7.60. The molecule has 2 aliphatic rings. The SMILES string of the molecule is [B]c1cccc(CN2C[C@H]3N(C(=O)CN(C)N3C(=O)NCc3ccc(F)cc3)[C@@H](CCCNC(=O)OCC=C)C2=O)c1. The quantitative estimate of drug-likeness (QED) is 0.250. The summed E-state index contributed by atoms with van der Waals surface area (Å²) in [5, 5.41) is 8.45. The van der Waals surface area contributed by atoms with Crippen molar-refractivity contribution in [2.45, 2.75) is 38.1 Å². The number of hydrogen-bond acceptors (Lipinski definition) is 6. The maximum atomic E-state index is 13.8. The van der Waals surface area contributed by atoms with Crippen LogP contribution in [0.3, 0.4) is 0 Å². The van der Waals surface area contributed by atoms with Crippen LogP contribution in [0.25, 0.3) is 0 Å². The van der Waals surface area contributed by atoms with Gasteiger partial charge in [-0.15, -0.1) is 0 Å². The second kappa shape index (κ2) is 14.0. The highest BCUT2D eigenvalue weighted by Gasteiger charge is 2.50. The number of halogens is 1. The summed E-state index contributed by atoms with van der Waals surface area (Å²) in [6, 6.07) is 11.6. The number of nitrogens with one attached hydrogen (secondary N) is 2. The summed E-state index contributed by atoms with van der Waals surface area (Å²) in [6.45, 7) is 4.15. The normalized spacial score (nSPS) is 18.9. The van der Waals surface area contributed by atoms with E-state index in [1.54, 1.807) is 42.3 Å². The highest BCUT2D eigenvalue weighted by atomic mass is 19.1. The molecule has 0 spiro atoms. The Morgan fingerprint density at radius 2 is 1.90 bits per heavy atom. The molecule has 2 radical (unpaired) electrons. The molecular weight excluding hydrogens is 542 g/mol. The van der Waals surface area contributed by atoms with Gasteiger partial charge in [0, 0.05) is 26.7 Å². The van der Waals surface area contributed by atoms with E-state index in [0.29, 0.717) is 17.4 Å². The number of carbonyl (C=O) groups excluding carboxylic acids is 4. The largest absolute Gasteiger partial charge is 0.445 e. The van der Waals surface area contributed by atoms with Crippen LogP contribution in [0.5, 0.6) is 0 Å². The van der Waals surface area contributed by atoms with Crippen LogP contribution in [-0.4, -0.2) is 97.1 Å². The van der Waals surface area contributed by atoms with Crippen LogP contribution in [0.1, 0.15) is 24.0 Å². The average molecular weight is 576 g/mol. The first-order valence-corrected chi connectivity index (χ1v) is 13.7. The number of nitrogens with zero attached hydrogens (tertiary/aromatic N) is 4. The Morgan fingerprint density at radius 1 is 1.14 bits per heavy atom. The molecule has 0 aliphatic carbocycles. The number of hydrogen-bond donors (Lipinski definition) is 2. The summed E-state index contributed by atoms with van der Waals surface area (Å²) < 4.78 is 18.2. The molecule has 2 aromatic rings. The van der Waals surface area contributed by atoms with Gasteiger partial charge in [0.15, 0.2) is 0 Å². The number of hydrazine groups is 1. The van der Waals surface area contributed by atoms with Gasteiger partial charge in [-0.2, -0.15) is 0 Å². The minimum Gasteiger partial charge on any atom is -0.445 e. The molecule has 4 rings (SSSR count). The molecule has 2 aliphatic heterocycles. The van der Waals surface area contributed by atoms with Crippen molar-refractivity contribution in [3.63, 3.8) is 0 Å². The van der Waals surface area contributed by atoms with Gasteiger partial charge in [-0.3, -0.25) is 9.59 Å². The molecule has 220 valence electrons. The first-order chi connectivity index (χ1) is 20.2. The molecule has 42 heavy (non-hydrogen) atoms. The topological polar surface area (TPSA) is 115 Å². The Labute approximate surface area is 245 Å². The third kappa shape index (κ3) is 7.46. The van der Waals surface area contributed by atoms with E-state index in [0.717, 1.165) is 5.56 Å². The van der Waals surface area contributed by atoms with Gasteiger partial charge in [-0.05, 0) is 36.1 Å². The molecule has 0 unspecified atom stereocenters. The molecule has 2 aromatic carbocycles. The highest BCUT2D eigenvalue weighted by Crippen LogP contribution is 2.28. The standard InChI is InChI=1S/C29H34BFN6O5/c1-3-14-42-29(41)32-13-5-8-24-27(39)35(17-21-6-4-7-22(30)15-21)18-25-36(24)26(38)19-34(2)37(25)28(40)33-16-20-9-11-23(31)12-10-20/h3-4,6-7,9-12,15,24-25H,1,5,8,13-14,16-19H2,2H3,(H,32,41)(H,33,40)/t24-,25-/m0/s1. The Balaban J connectivity index is 1.54. The molecule has 0 saturated carbocycles. The predicted octanol–water partition coefficient (Wildman–Crippen LogP) is 1.25. The van der Waals surface area contributed by atoms with Crippen molar-refractivity contribution in [3.8, 4) is 0 Å². The molecule has 2 saturated heterocycles. The molecule has 5 amide bonds. The number of fused-ring (bicyclic) bond motifs is 1. The fraction of sp³-hybridized carbons (Fsp3) is 0.379. The lowest BCUT2D eigenvalue weighted by Crippen LogP contribution is -2.75. The Morgan fingerprint density at radius 3 is 2.62 bits per heavy atom. The lowest BCUT2D eigenvalue weighted by atomic mass is 9.94. The van der Waals surface area contributed by atoms with Crippen molar-refractivity contribution in [1.29, 1.82) is 0 Å². The maximum Gasteiger partial charge on any atom is 0.407 e. The molecule has 13 heteroatoms. The summed E-state index contributed by atoms with van der Waals surface area (Å²) in [6.07, 6.45) is 0.708. The molecule has 2 heterocycles. The van der Waals surface area contributed by atoms with E-state index in [1.807, 2.05) is 6.07 Å². The van der Waals surface area contributed by atoms with E-state index < -0.39 is 24.3 Å². The third-order valence-electron chi connectivity index (χ3n) is 7.09. The number of piperazine rings is 1. The minimum atomic E-state index is -0.857. The van der Waals surface area contributed by atoms with Crippen LogP contribution in [0, 0.1) is 5.82 Å². The van der Waals surface area contributed by atoms with E-state index in [1.165, 1.54) is 33.1 Å². The second-order valence-electron chi connectivity index (χ2n) is 10.2. The van der Waals surface area contributed by atoms with Crippen molar-refractivity contribution in [2.24, 2.45) is 0 Å². The van der Waals surface area contributed by atoms with E-state index in [-0.39, 0.29) is 63.4 Å². The van der Waals surface area contributed by atoms with Crippen LogP contribution in [0.4, 0.5) is 14.0 Å². The van der Waals surface area contributed by atoms with Crippen molar-refractivity contribution >= 4 is 37.2 Å². The molecule has 2 fully saturated rings. The van der Waals surface area contributed by atoms with E-state index >= 15 is 0 Å². The zero-order chi connectivity index (χ0) is 30.2. The number of ether oxygens (including phenoxy) is 1. The van der Waals surface area contributed by atoms with Crippen LogP contribution in [0.15, 0.2) is 61.2 Å². The first-order valence-electron chi connectivity index (χ1n) is 13.7. The summed E-state index contributed by atoms with van der Waals surface area (Å²) in [5.41, 5.74) is 2.07. The van der Waals surface area contributed by atoms with E-state index in [4.69, 9.17) is 12.6 Å². The Kier molecular flexibility index (Phi) is 10.2. The van der Waals surface area contributed by atoms with Crippen LogP contribution >= 0.6 is 0 Å². The highest BCUT2D eigenvalue weighted by molar-refractivity contribution is 6.32. The molecule has 0 aromatic heterocycles. The lowest BCUT2D eigenvalue weighted by Gasteiger charge is -2.54. The zero-order valence-corrected chi connectivity index (χ0v) is 23.5. The van der Waals surface area contributed by atoms with Gasteiger partial charge in [-0.25, -0.2) is 24.0 Å². The number of carbonyl (C=O) groups is 4. The fourth-order valence-electron chi connectivity index (χ4n) is 5.17. The number of rotatable bonds is 10. The van der Waals surface area contributed by atoms with Gasteiger partial charge in [0.2, 0.25) is 11.8 Å². The minimum absolute atomic E-state index is 0.0719. The van der Waals surface area contributed by atoms with Crippen molar-refractivity contribution in [1.82, 2.24) is 30.5 Å². The van der Waals surface area contributed by atoms with Crippen LogP contribution in [0.2, 0.25) is 0 Å². The molecule has 11 nitrogen and oxygen atoms in total. The van der Waals surface area contributed by atoms with Gasteiger partial charge >= 0.3 is 12.1 Å². The number of likely N-dealkylation sites (N-methyl/N-ethyl adjacent to an activating group) is 1. The maximum absolute atomic E-state index is 13.8. The van der Waals surface area contributed by atoms with Gasteiger partial charge in [0.25, 0.3) is 0 Å². The number of amides is 5. The summed E-state index contributed by atoms with van der Waals surface area (Å²) in [4.78, 5) is 55.6. The van der Waals surface area contributed by atoms with E-state index in [9.17, 15) is 23.6 Å². The number of benzene rings is 2. The fourth-order valence-corrected chi connectivity index (χ4v) is 5.17. The molecule has 2 atom stereocenters. The van der Waals surface area contributed by atoms with Gasteiger partial charge in [0.05, 0.1) is 13.1 Å². The van der Waals surface area contributed by atoms with Gasteiger partial charge < -0.3 is 25.2 Å². The predicted molar refractivity (Wildman–Crippen MR) is 154 cm³/mol. The van der Waals surface area contributed by atoms with Gasteiger partial charge in [0.1, 0.15) is 32.5 Å². The number of urea groups is 1. The van der Waals surface area contributed by atoms with Crippen molar-refractivity contribution in [2.75, 3.05) is 33.3 Å². The van der Waals surface area contributed by atoms with E-state index in [2.05, 4.69) is 17.2 Å².